The zero-order valence-corrected chi connectivity index (χ0v) is 20.4. The van der Waals surface area contributed by atoms with Crippen LogP contribution in [0.4, 0.5) is 5.69 Å². The van der Waals surface area contributed by atoms with Crippen LogP contribution in [0.15, 0.2) is 58.0 Å². The van der Waals surface area contributed by atoms with Gasteiger partial charge in [-0.2, -0.15) is 0 Å². The van der Waals surface area contributed by atoms with Crippen LogP contribution in [0.3, 0.4) is 0 Å². The SMILES string of the molecule is CCOC(=O)CSc1nc2ccc(NC(=O)CSc3nnc(-c4ccccc4)n3C)cc2s1. The van der Waals surface area contributed by atoms with E-state index in [0.29, 0.717) is 17.5 Å². The van der Waals surface area contributed by atoms with Gasteiger partial charge in [0.05, 0.1) is 28.3 Å². The van der Waals surface area contributed by atoms with Crippen molar-refractivity contribution in [2.75, 3.05) is 23.4 Å². The van der Waals surface area contributed by atoms with Gasteiger partial charge in [0, 0.05) is 18.3 Å². The zero-order chi connectivity index (χ0) is 23.2. The number of hydrogen-bond acceptors (Lipinski definition) is 9. The number of anilines is 1. The van der Waals surface area contributed by atoms with Crippen LogP contribution in [0.5, 0.6) is 0 Å². The van der Waals surface area contributed by atoms with Gasteiger partial charge in [0.1, 0.15) is 0 Å². The van der Waals surface area contributed by atoms with Crippen LogP contribution in [0, 0.1) is 0 Å². The van der Waals surface area contributed by atoms with Crippen molar-refractivity contribution in [1.29, 1.82) is 0 Å². The minimum absolute atomic E-state index is 0.134. The topological polar surface area (TPSA) is 99.0 Å². The molecule has 2 aromatic heterocycles. The molecule has 0 unspecified atom stereocenters. The molecule has 2 aromatic carbocycles. The summed E-state index contributed by atoms with van der Waals surface area (Å²) in [5.41, 5.74) is 2.49. The fraction of sp³-hybridized carbons (Fsp3) is 0.227. The van der Waals surface area contributed by atoms with Crippen LogP contribution in [-0.2, 0) is 21.4 Å². The second-order valence-corrected chi connectivity index (χ2v) is 10.0. The smallest absolute Gasteiger partial charge is 0.316 e. The summed E-state index contributed by atoms with van der Waals surface area (Å²) in [5, 5.41) is 12.0. The van der Waals surface area contributed by atoms with Crippen molar-refractivity contribution in [2.24, 2.45) is 7.05 Å². The Balaban J connectivity index is 1.34. The molecular weight excluding hydrogens is 478 g/mol. The molecule has 1 amide bonds. The van der Waals surface area contributed by atoms with Gasteiger partial charge in [-0.1, -0.05) is 53.9 Å². The predicted octanol–water partition coefficient (Wildman–Crippen LogP) is 4.48. The molecule has 0 atom stereocenters. The first-order valence-corrected chi connectivity index (χ1v) is 12.9. The number of thioether (sulfide) groups is 2. The molecule has 0 bridgehead atoms. The highest BCUT2D eigenvalue weighted by atomic mass is 32.2. The van der Waals surface area contributed by atoms with Crippen molar-refractivity contribution < 1.29 is 14.3 Å². The van der Waals surface area contributed by atoms with Crippen LogP contribution in [-0.4, -0.2) is 49.7 Å². The Morgan fingerprint density at radius 3 is 2.70 bits per heavy atom. The third kappa shape index (κ3) is 5.92. The number of thiazole rings is 1. The van der Waals surface area contributed by atoms with Crippen molar-refractivity contribution in [3.05, 3.63) is 48.5 Å². The second-order valence-electron chi connectivity index (χ2n) is 6.82. The lowest BCUT2D eigenvalue weighted by Gasteiger charge is -2.06. The Hall–Kier alpha value is -2.89. The Kier molecular flexibility index (Phi) is 7.63. The van der Waals surface area contributed by atoms with Crippen molar-refractivity contribution in [3.8, 4) is 11.4 Å². The molecule has 0 saturated carbocycles. The Morgan fingerprint density at radius 2 is 1.91 bits per heavy atom. The first-order chi connectivity index (χ1) is 16.0. The third-order valence-electron chi connectivity index (χ3n) is 4.47. The number of nitrogens with zero attached hydrogens (tertiary/aromatic N) is 4. The minimum atomic E-state index is -0.258. The number of fused-ring (bicyclic) bond motifs is 1. The summed E-state index contributed by atoms with van der Waals surface area (Å²) in [5.74, 6) is 0.798. The average molecular weight is 500 g/mol. The Morgan fingerprint density at radius 1 is 1.09 bits per heavy atom. The van der Waals surface area contributed by atoms with E-state index >= 15 is 0 Å². The maximum atomic E-state index is 12.5. The van der Waals surface area contributed by atoms with E-state index in [1.165, 1.54) is 34.9 Å². The molecule has 0 saturated heterocycles. The lowest BCUT2D eigenvalue weighted by molar-refractivity contribution is -0.139. The molecule has 170 valence electrons. The van der Waals surface area contributed by atoms with Crippen molar-refractivity contribution >= 4 is 62.6 Å². The lowest BCUT2D eigenvalue weighted by atomic mass is 10.2. The quantitative estimate of drug-likeness (QED) is 0.266. The second kappa shape index (κ2) is 10.8. The van der Waals surface area contributed by atoms with E-state index in [-0.39, 0.29) is 23.4 Å². The van der Waals surface area contributed by atoms with Gasteiger partial charge in [-0.25, -0.2) is 4.98 Å². The van der Waals surface area contributed by atoms with Gasteiger partial charge in [-0.15, -0.1) is 21.5 Å². The fourth-order valence-corrected chi connectivity index (χ4v) is 5.59. The fourth-order valence-electron chi connectivity index (χ4n) is 2.97. The van der Waals surface area contributed by atoms with Gasteiger partial charge >= 0.3 is 5.97 Å². The van der Waals surface area contributed by atoms with Gasteiger partial charge in [-0.3, -0.25) is 9.59 Å². The molecule has 8 nitrogen and oxygen atoms in total. The summed E-state index contributed by atoms with van der Waals surface area (Å²) >= 11 is 4.16. The van der Waals surface area contributed by atoms with Gasteiger partial charge in [-0.05, 0) is 25.1 Å². The average Bonchev–Trinajstić information content (AvgIpc) is 3.39. The molecule has 11 heteroatoms. The predicted molar refractivity (Wildman–Crippen MR) is 133 cm³/mol. The molecule has 1 N–H and O–H groups in total. The first-order valence-electron chi connectivity index (χ1n) is 10.1. The summed E-state index contributed by atoms with van der Waals surface area (Å²) in [6, 6.07) is 15.4. The highest BCUT2D eigenvalue weighted by Gasteiger charge is 2.14. The van der Waals surface area contributed by atoms with Crippen LogP contribution in [0.1, 0.15) is 6.92 Å². The van der Waals surface area contributed by atoms with Gasteiger partial charge in [0.25, 0.3) is 0 Å². The molecule has 0 aliphatic rings. The number of ether oxygens (including phenoxy) is 1. The number of hydrogen-bond donors (Lipinski definition) is 1. The normalized spacial score (nSPS) is 11.0. The van der Waals surface area contributed by atoms with E-state index in [0.717, 1.165) is 25.9 Å². The minimum Gasteiger partial charge on any atom is -0.465 e. The summed E-state index contributed by atoms with van der Waals surface area (Å²) in [6.45, 7) is 2.15. The highest BCUT2D eigenvalue weighted by molar-refractivity contribution is 8.01. The van der Waals surface area contributed by atoms with E-state index in [2.05, 4.69) is 20.5 Å². The molecule has 2 heterocycles. The van der Waals surface area contributed by atoms with E-state index in [1.807, 2.05) is 60.1 Å². The number of esters is 1. The molecule has 0 radical (unpaired) electrons. The van der Waals surface area contributed by atoms with E-state index < -0.39 is 0 Å². The molecular formula is C22H21N5O3S3. The zero-order valence-electron chi connectivity index (χ0n) is 18.0. The number of amides is 1. The summed E-state index contributed by atoms with van der Waals surface area (Å²) in [4.78, 5) is 28.6. The maximum Gasteiger partial charge on any atom is 0.316 e. The van der Waals surface area contributed by atoms with E-state index in [9.17, 15) is 9.59 Å². The number of rotatable bonds is 9. The monoisotopic (exact) mass is 499 g/mol. The molecule has 0 fully saturated rings. The van der Waals surface area contributed by atoms with Gasteiger partial charge in [0.15, 0.2) is 15.3 Å². The molecule has 33 heavy (non-hydrogen) atoms. The van der Waals surface area contributed by atoms with Crippen molar-refractivity contribution in [1.82, 2.24) is 19.7 Å². The van der Waals surface area contributed by atoms with E-state index in [1.54, 1.807) is 6.92 Å². The van der Waals surface area contributed by atoms with Crippen LogP contribution in [0.25, 0.3) is 21.6 Å². The highest BCUT2D eigenvalue weighted by Crippen LogP contribution is 2.31. The van der Waals surface area contributed by atoms with Gasteiger partial charge in [0.2, 0.25) is 5.91 Å². The summed E-state index contributed by atoms with van der Waals surface area (Å²) in [7, 11) is 1.89. The molecule has 4 aromatic rings. The van der Waals surface area contributed by atoms with Crippen LogP contribution < -0.4 is 5.32 Å². The Bertz CT molecular complexity index is 1270. The van der Waals surface area contributed by atoms with Crippen molar-refractivity contribution in [3.63, 3.8) is 0 Å². The summed E-state index contributed by atoms with van der Waals surface area (Å²) < 4.78 is 8.55. The lowest BCUT2D eigenvalue weighted by Crippen LogP contribution is -2.14. The van der Waals surface area contributed by atoms with Crippen LogP contribution in [0.2, 0.25) is 0 Å². The number of nitrogens with one attached hydrogen (secondary N) is 1. The molecule has 0 aliphatic heterocycles. The third-order valence-corrected chi connectivity index (χ3v) is 7.63. The molecule has 4 rings (SSSR count). The number of carbonyl (C=O) groups excluding carboxylic acids is 2. The first kappa shape index (κ1) is 23.3. The summed E-state index contributed by atoms with van der Waals surface area (Å²) in [6.07, 6.45) is 0. The van der Waals surface area contributed by atoms with Crippen LogP contribution >= 0.6 is 34.9 Å². The number of aromatic nitrogens is 4. The van der Waals surface area contributed by atoms with Crippen molar-refractivity contribution in [2.45, 2.75) is 16.4 Å². The van der Waals surface area contributed by atoms with E-state index in [4.69, 9.17) is 4.74 Å². The maximum absolute atomic E-state index is 12.5. The largest absolute Gasteiger partial charge is 0.465 e. The molecule has 0 spiro atoms. The number of benzene rings is 2. The number of carbonyl (C=O) groups is 2. The standard InChI is InChI=1S/C22H21N5O3S3/c1-3-30-19(29)13-32-22-24-16-10-9-15(11-17(16)33-22)23-18(28)12-31-21-26-25-20(27(21)2)14-7-5-4-6-8-14/h4-11H,3,12-13H2,1-2H3,(H,23,28). The Labute approximate surface area is 203 Å². The molecule has 0 aliphatic carbocycles. The van der Waals surface area contributed by atoms with Gasteiger partial charge < -0.3 is 14.6 Å².